The van der Waals surface area contributed by atoms with E-state index >= 15 is 0 Å². The van der Waals surface area contributed by atoms with Gasteiger partial charge in [-0.05, 0) is 43.5 Å². The van der Waals surface area contributed by atoms with Crippen LogP contribution in [0.15, 0.2) is 24.3 Å². The Kier molecular flexibility index (Phi) is 3.65. The summed E-state index contributed by atoms with van der Waals surface area (Å²) in [5.74, 6) is 1.14. The lowest BCUT2D eigenvalue weighted by molar-refractivity contribution is 0.125. The van der Waals surface area contributed by atoms with Crippen molar-refractivity contribution in [3.8, 4) is 11.5 Å². The minimum atomic E-state index is -0.236. The fraction of sp³-hybridized carbons (Fsp3) is 0.500. The summed E-state index contributed by atoms with van der Waals surface area (Å²) in [6, 6.07) is 5.52. The summed E-state index contributed by atoms with van der Waals surface area (Å²) in [4.78, 5) is 0. The molecule has 1 aromatic rings. The number of benzene rings is 1. The van der Waals surface area contributed by atoms with Crippen LogP contribution < -0.4 is 4.74 Å². The van der Waals surface area contributed by atoms with Gasteiger partial charge in [0.2, 0.25) is 0 Å². The van der Waals surface area contributed by atoms with Gasteiger partial charge in [0.15, 0.2) is 0 Å². The van der Waals surface area contributed by atoms with Gasteiger partial charge in [-0.25, -0.2) is 0 Å². The molecule has 0 radical (unpaired) electrons. The van der Waals surface area contributed by atoms with Crippen molar-refractivity contribution < 1.29 is 9.84 Å². The van der Waals surface area contributed by atoms with Crippen LogP contribution in [0.1, 0.15) is 52.0 Å². The average molecular weight is 246 g/mol. The van der Waals surface area contributed by atoms with Crippen molar-refractivity contribution >= 4 is 5.57 Å². The molecule has 0 spiro atoms. The van der Waals surface area contributed by atoms with Crippen molar-refractivity contribution in [3.63, 3.8) is 0 Å². The SMILES string of the molecule is CCCC1=CC(C)(CCC)Oc2cccc(O)c21. The highest BCUT2D eigenvalue weighted by Gasteiger charge is 2.31. The minimum absolute atomic E-state index is 0.236. The average Bonchev–Trinajstić information content (AvgIpc) is 2.28. The number of phenols is 1. The number of aromatic hydroxyl groups is 1. The van der Waals surface area contributed by atoms with Crippen molar-refractivity contribution in [1.29, 1.82) is 0 Å². The number of ether oxygens (including phenoxy) is 1. The Balaban J connectivity index is 2.47. The molecule has 0 saturated heterocycles. The van der Waals surface area contributed by atoms with Gasteiger partial charge in [-0.2, -0.15) is 0 Å². The lowest BCUT2D eigenvalue weighted by Crippen LogP contribution is -2.32. The molecule has 0 saturated carbocycles. The van der Waals surface area contributed by atoms with Gasteiger partial charge in [0.1, 0.15) is 17.1 Å². The van der Waals surface area contributed by atoms with Crippen LogP contribution >= 0.6 is 0 Å². The molecular formula is C16H22O2. The first-order chi connectivity index (χ1) is 8.59. The fourth-order valence-electron chi connectivity index (χ4n) is 2.73. The summed E-state index contributed by atoms with van der Waals surface area (Å²) in [5.41, 5.74) is 1.86. The highest BCUT2D eigenvalue weighted by atomic mass is 16.5. The molecule has 0 bridgehead atoms. The molecule has 0 amide bonds. The second kappa shape index (κ2) is 5.05. The number of hydrogen-bond acceptors (Lipinski definition) is 2. The van der Waals surface area contributed by atoms with E-state index in [0.29, 0.717) is 5.75 Å². The summed E-state index contributed by atoms with van der Waals surface area (Å²) >= 11 is 0. The van der Waals surface area contributed by atoms with Crippen molar-refractivity contribution in [1.82, 2.24) is 0 Å². The van der Waals surface area contributed by atoms with Gasteiger partial charge < -0.3 is 9.84 Å². The number of fused-ring (bicyclic) bond motifs is 1. The van der Waals surface area contributed by atoms with Crippen LogP contribution in [0.3, 0.4) is 0 Å². The minimum Gasteiger partial charge on any atom is -0.507 e. The van der Waals surface area contributed by atoms with Gasteiger partial charge >= 0.3 is 0 Å². The fourth-order valence-corrected chi connectivity index (χ4v) is 2.73. The predicted molar refractivity (Wildman–Crippen MR) is 74.9 cm³/mol. The maximum absolute atomic E-state index is 10.0. The van der Waals surface area contributed by atoms with Crippen LogP contribution in [0, 0.1) is 0 Å². The second-order valence-electron chi connectivity index (χ2n) is 5.23. The maximum Gasteiger partial charge on any atom is 0.131 e. The lowest BCUT2D eigenvalue weighted by Gasteiger charge is -2.34. The molecule has 98 valence electrons. The monoisotopic (exact) mass is 246 g/mol. The molecule has 1 N–H and O–H groups in total. The Morgan fingerprint density at radius 1 is 1.22 bits per heavy atom. The van der Waals surface area contributed by atoms with E-state index in [1.54, 1.807) is 6.07 Å². The Bertz CT molecular complexity index is 462. The van der Waals surface area contributed by atoms with Crippen LogP contribution in [-0.2, 0) is 0 Å². The van der Waals surface area contributed by atoms with Crippen LogP contribution in [0.5, 0.6) is 11.5 Å². The first-order valence-corrected chi connectivity index (χ1v) is 6.82. The van der Waals surface area contributed by atoms with Crippen molar-refractivity contribution in [2.75, 3.05) is 0 Å². The molecule has 1 atom stereocenters. The van der Waals surface area contributed by atoms with E-state index in [1.807, 2.05) is 12.1 Å². The quantitative estimate of drug-likeness (QED) is 0.846. The number of phenolic OH excluding ortho intramolecular Hbond substituents is 1. The van der Waals surface area contributed by atoms with Crippen LogP contribution in [0.25, 0.3) is 5.57 Å². The summed E-state index contributed by atoms with van der Waals surface area (Å²) in [6.45, 7) is 6.45. The molecule has 1 aliphatic rings. The van der Waals surface area contributed by atoms with Crippen LogP contribution in [0.4, 0.5) is 0 Å². The zero-order valence-corrected chi connectivity index (χ0v) is 11.5. The molecule has 1 unspecified atom stereocenters. The highest BCUT2D eigenvalue weighted by Crippen LogP contribution is 2.43. The van der Waals surface area contributed by atoms with E-state index in [9.17, 15) is 5.11 Å². The Morgan fingerprint density at radius 2 is 2.00 bits per heavy atom. The topological polar surface area (TPSA) is 29.5 Å². The second-order valence-corrected chi connectivity index (χ2v) is 5.23. The van der Waals surface area contributed by atoms with E-state index in [2.05, 4.69) is 26.8 Å². The predicted octanol–water partition coefficient (Wildman–Crippen LogP) is 4.53. The highest BCUT2D eigenvalue weighted by molar-refractivity contribution is 5.77. The molecule has 2 rings (SSSR count). The van der Waals surface area contributed by atoms with E-state index < -0.39 is 0 Å². The number of rotatable bonds is 4. The molecule has 1 heterocycles. The molecule has 2 heteroatoms. The third-order valence-electron chi connectivity index (χ3n) is 3.41. The molecule has 18 heavy (non-hydrogen) atoms. The van der Waals surface area contributed by atoms with Crippen molar-refractivity contribution in [3.05, 3.63) is 29.8 Å². The van der Waals surface area contributed by atoms with Gasteiger partial charge in [0, 0.05) is 0 Å². The Morgan fingerprint density at radius 3 is 2.67 bits per heavy atom. The van der Waals surface area contributed by atoms with E-state index in [4.69, 9.17) is 4.74 Å². The Labute approximate surface area is 109 Å². The van der Waals surface area contributed by atoms with Crippen molar-refractivity contribution in [2.45, 2.75) is 52.1 Å². The third-order valence-corrected chi connectivity index (χ3v) is 3.41. The molecule has 1 aromatic carbocycles. The maximum atomic E-state index is 10.0. The zero-order chi connectivity index (χ0) is 13.2. The third kappa shape index (κ3) is 2.38. The molecule has 0 fully saturated rings. The smallest absolute Gasteiger partial charge is 0.131 e. The lowest BCUT2D eigenvalue weighted by atomic mass is 9.88. The van der Waals surface area contributed by atoms with Crippen LogP contribution in [-0.4, -0.2) is 10.7 Å². The molecule has 0 aromatic heterocycles. The van der Waals surface area contributed by atoms with Gasteiger partial charge in [0.25, 0.3) is 0 Å². The number of allylic oxidation sites excluding steroid dienone is 1. The molecule has 1 aliphatic heterocycles. The Hall–Kier alpha value is -1.44. The molecular weight excluding hydrogens is 224 g/mol. The van der Waals surface area contributed by atoms with Gasteiger partial charge in [-0.3, -0.25) is 0 Å². The summed E-state index contributed by atoms with van der Waals surface area (Å²) in [6.07, 6.45) is 6.33. The van der Waals surface area contributed by atoms with Gasteiger partial charge in [-0.1, -0.05) is 32.8 Å². The molecule has 0 aliphatic carbocycles. The summed E-state index contributed by atoms with van der Waals surface area (Å²) in [7, 11) is 0. The summed E-state index contributed by atoms with van der Waals surface area (Å²) < 4.78 is 6.08. The number of hydrogen-bond donors (Lipinski definition) is 1. The van der Waals surface area contributed by atoms with Gasteiger partial charge in [-0.15, -0.1) is 0 Å². The first kappa shape index (κ1) is 13.0. The van der Waals surface area contributed by atoms with Crippen LogP contribution in [0.2, 0.25) is 0 Å². The standard InChI is InChI=1S/C16H22O2/c1-4-7-12-11-16(3,10-5-2)18-14-9-6-8-13(17)15(12)14/h6,8-9,11,17H,4-5,7,10H2,1-3H3. The van der Waals surface area contributed by atoms with E-state index in [0.717, 1.165) is 37.0 Å². The molecule has 2 nitrogen and oxygen atoms in total. The largest absolute Gasteiger partial charge is 0.507 e. The normalized spacial score (nSPS) is 22.1. The zero-order valence-electron chi connectivity index (χ0n) is 11.5. The van der Waals surface area contributed by atoms with E-state index in [-0.39, 0.29) is 5.60 Å². The van der Waals surface area contributed by atoms with Gasteiger partial charge in [0.05, 0.1) is 5.56 Å². The van der Waals surface area contributed by atoms with Crippen molar-refractivity contribution in [2.24, 2.45) is 0 Å². The first-order valence-electron chi connectivity index (χ1n) is 6.82. The summed E-state index contributed by atoms with van der Waals surface area (Å²) in [5, 5.41) is 10.0. The van der Waals surface area contributed by atoms with E-state index in [1.165, 1.54) is 5.57 Å².